The smallest absolute Gasteiger partial charge is 0.274 e. The normalized spacial score (nSPS) is 23.9. The maximum absolute atomic E-state index is 12.8. The van der Waals surface area contributed by atoms with Crippen molar-refractivity contribution >= 4 is 17.7 Å². The van der Waals surface area contributed by atoms with Crippen molar-refractivity contribution in [2.24, 2.45) is 5.41 Å². The molecule has 25 heavy (non-hydrogen) atoms. The summed E-state index contributed by atoms with van der Waals surface area (Å²) in [5.41, 5.74) is -0.141. The molecule has 1 spiro atoms. The van der Waals surface area contributed by atoms with Gasteiger partial charge in [-0.25, -0.2) is 4.98 Å². The van der Waals surface area contributed by atoms with Gasteiger partial charge in [0.25, 0.3) is 5.91 Å². The maximum atomic E-state index is 12.8. The molecule has 134 valence electrons. The van der Waals surface area contributed by atoms with Crippen LogP contribution in [0.3, 0.4) is 0 Å². The number of rotatable bonds is 2. The minimum atomic E-state index is -0.423. The van der Waals surface area contributed by atoms with Crippen molar-refractivity contribution in [2.45, 2.75) is 20.3 Å². The molecule has 2 aliphatic rings. The minimum Gasteiger partial charge on any atom is -0.342 e. The highest BCUT2D eigenvalue weighted by Crippen LogP contribution is 2.35. The molecule has 3 amide bonds. The van der Waals surface area contributed by atoms with E-state index in [2.05, 4.69) is 9.97 Å². The lowest BCUT2D eigenvalue weighted by Crippen LogP contribution is -2.45. The number of nitrogens with zero attached hydrogens (tertiary/aromatic N) is 5. The standard InChI is InChI=1S/C17H23N5O3/c1-3-20-10-17(8-15(20)24)11-21(13(2)23)6-7-22(12-17)16(25)14-9-18-4-5-19-14/h4-5,9H,3,6-8,10-12H2,1-2H3/t17-/m0/s1. The van der Waals surface area contributed by atoms with Gasteiger partial charge in [0.05, 0.1) is 6.20 Å². The highest BCUT2D eigenvalue weighted by Gasteiger charge is 2.47. The van der Waals surface area contributed by atoms with E-state index in [0.29, 0.717) is 45.7 Å². The molecule has 1 atom stereocenters. The maximum Gasteiger partial charge on any atom is 0.274 e. The number of carbonyl (C=O) groups is 3. The Kier molecular flexibility index (Phi) is 4.69. The van der Waals surface area contributed by atoms with Gasteiger partial charge >= 0.3 is 0 Å². The van der Waals surface area contributed by atoms with Crippen molar-refractivity contribution < 1.29 is 14.4 Å². The fourth-order valence-electron chi connectivity index (χ4n) is 3.75. The summed E-state index contributed by atoms with van der Waals surface area (Å²) in [7, 11) is 0. The highest BCUT2D eigenvalue weighted by atomic mass is 16.2. The van der Waals surface area contributed by atoms with Crippen LogP contribution in [0.5, 0.6) is 0 Å². The summed E-state index contributed by atoms with van der Waals surface area (Å²) in [6, 6.07) is 0. The van der Waals surface area contributed by atoms with Crippen molar-refractivity contribution in [2.75, 3.05) is 39.3 Å². The van der Waals surface area contributed by atoms with Crippen LogP contribution < -0.4 is 0 Å². The molecule has 2 saturated heterocycles. The molecule has 0 aliphatic carbocycles. The van der Waals surface area contributed by atoms with E-state index in [9.17, 15) is 14.4 Å². The first-order valence-corrected chi connectivity index (χ1v) is 8.53. The summed E-state index contributed by atoms with van der Waals surface area (Å²) in [5, 5.41) is 0. The number of likely N-dealkylation sites (tertiary alicyclic amines) is 1. The van der Waals surface area contributed by atoms with Crippen LogP contribution in [0.4, 0.5) is 0 Å². The molecule has 0 N–H and O–H groups in total. The first kappa shape index (κ1) is 17.3. The number of hydrogen-bond acceptors (Lipinski definition) is 5. The fraction of sp³-hybridized carbons (Fsp3) is 0.588. The zero-order valence-electron chi connectivity index (χ0n) is 14.6. The van der Waals surface area contributed by atoms with Gasteiger partial charge in [-0.15, -0.1) is 0 Å². The monoisotopic (exact) mass is 345 g/mol. The van der Waals surface area contributed by atoms with Gasteiger partial charge in [-0.05, 0) is 6.92 Å². The van der Waals surface area contributed by atoms with E-state index in [-0.39, 0.29) is 23.4 Å². The Morgan fingerprint density at radius 3 is 2.48 bits per heavy atom. The van der Waals surface area contributed by atoms with Crippen LogP contribution in [0.2, 0.25) is 0 Å². The van der Waals surface area contributed by atoms with Crippen molar-refractivity contribution in [3.8, 4) is 0 Å². The van der Waals surface area contributed by atoms with Crippen LogP contribution in [-0.4, -0.2) is 81.7 Å². The van der Waals surface area contributed by atoms with E-state index in [1.807, 2.05) is 6.92 Å². The van der Waals surface area contributed by atoms with E-state index in [0.717, 1.165) is 0 Å². The lowest BCUT2D eigenvalue weighted by atomic mass is 9.85. The van der Waals surface area contributed by atoms with Crippen LogP contribution in [0.1, 0.15) is 30.8 Å². The Balaban J connectivity index is 1.88. The van der Waals surface area contributed by atoms with Gasteiger partial charge in [0, 0.05) is 70.4 Å². The number of aromatic nitrogens is 2. The molecule has 1 aromatic rings. The second-order valence-electron chi connectivity index (χ2n) is 6.84. The number of hydrogen-bond donors (Lipinski definition) is 0. The van der Waals surface area contributed by atoms with Crippen LogP contribution in [0, 0.1) is 5.41 Å². The molecule has 0 aromatic carbocycles. The van der Waals surface area contributed by atoms with Gasteiger partial charge < -0.3 is 14.7 Å². The topological polar surface area (TPSA) is 86.7 Å². The minimum absolute atomic E-state index is 0.0319. The number of amides is 3. The fourth-order valence-corrected chi connectivity index (χ4v) is 3.75. The average Bonchev–Trinajstić information content (AvgIpc) is 2.80. The summed E-state index contributed by atoms with van der Waals surface area (Å²) in [6.07, 6.45) is 4.81. The Hall–Kier alpha value is -2.51. The van der Waals surface area contributed by atoms with E-state index in [1.165, 1.54) is 25.5 Å². The first-order chi connectivity index (χ1) is 11.9. The summed E-state index contributed by atoms with van der Waals surface area (Å²) >= 11 is 0. The second-order valence-corrected chi connectivity index (χ2v) is 6.84. The average molecular weight is 345 g/mol. The lowest BCUT2D eigenvalue weighted by Gasteiger charge is -2.33. The molecule has 0 radical (unpaired) electrons. The van der Waals surface area contributed by atoms with Crippen LogP contribution in [-0.2, 0) is 9.59 Å². The zero-order chi connectivity index (χ0) is 18.0. The van der Waals surface area contributed by atoms with E-state index in [4.69, 9.17) is 0 Å². The molecule has 2 fully saturated rings. The Morgan fingerprint density at radius 2 is 1.88 bits per heavy atom. The molecule has 0 saturated carbocycles. The third-order valence-corrected chi connectivity index (χ3v) is 4.99. The quantitative estimate of drug-likeness (QED) is 0.754. The van der Waals surface area contributed by atoms with E-state index < -0.39 is 5.41 Å². The molecule has 1 aromatic heterocycles. The zero-order valence-corrected chi connectivity index (χ0v) is 14.6. The lowest BCUT2D eigenvalue weighted by molar-refractivity contribution is -0.130. The van der Waals surface area contributed by atoms with Crippen molar-refractivity contribution in [3.05, 3.63) is 24.3 Å². The third kappa shape index (κ3) is 3.47. The van der Waals surface area contributed by atoms with Gasteiger partial charge in [0.15, 0.2) is 0 Å². The predicted molar refractivity (Wildman–Crippen MR) is 89.5 cm³/mol. The molecule has 0 unspecified atom stereocenters. The molecular weight excluding hydrogens is 322 g/mol. The van der Waals surface area contributed by atoms with E-state index >= 15 is 0 Å². The Morgan fingerprint density at radius 1 is 1.16 bits per heavy atom. The predicted octanol–water partition coefficient (Wildman–Crippen LogP) is 0.0195. The van der Waals surface area contributed by atoms with Gasteiger partial charge in [0.1, 0.15) is 5.69 Å². The van der Waals surface area contributed by atoms with Crippen molar-refractivity contribution in [1.82, 2.24) is 24.7 Å². The summed E-state index contributed by atoms with van der Waals surface area (Å²) < 4.78 is 0. The third-order valence-electron chi connectivity index (χ3n) is 4.99. The van der Waals surface area contributed by atoms with Crippen molar-refractivity contribution in [1.29, 1.82) is 0 Å². The Labute approximate surface area is 146 Å². The first-order valence-electron chi connectivity index (χ1n) is 8.53. The molecule has 8 nitrogen and oxygen atoms in total. The molecule has 0 bridgehead atoms. The largest absolute Gasteiger partial charge is 0.342 e. The van der Waals surface area contributed by atoms with Crippen LogP contribution >= 0.6 is 0 Å². The second kappa shape index (κ2) is 6.78. The summed E-state index contributed by atoms with van der Waals surface area (Å²) in [4.78, 5) is 50.4. The molecule has 3 heterocycles. The molecule has 8 heteroatoms. The molecule has 3 rings (SSSR count). The molecular formula is C17H23N5O3. The summed E-state index contributed by atoms with van der Waals surface area (Å²) in [5.74, 6) is -0.157. The SMILES string of the molecule is CCN1C[C@@]2(CC1=O)CN(C(C)=O)CCN(C(=O)c1cnccn1)C2. The van der Waals surface area contributed by atoms with E-state index in [1.54, 1.807) is 14.7 Å². The molecule has 2 aliphatic heterocycles. The van der Waals surface area contributed by atoms with Gasteiger partial charge in [-0.3, -0.25) is 19.4 Å². The van der Waals surface area contributed by atoms with Crippen LogP contribution in [0.25, 0.3) is 0 Å². The van der Waals surface area contributed by atoms with Gasteiger partial charge in [-0.2, -0.15) is 0 Å². The van der Waals surface area contributed by atoms with Gasteiger partial charge in [0.2, 0.25) is 11.8 Å². The van der Waals surface area contributed by atoms with Crippen molar-refractivity contribution in [3.63, 3.8) is 0 Å². The van der Waals surface area contributed by atoms with Crippen LogP contribution in [0.15, 0.2) is 18.6 Å². The van der Waals surface area contributed by atoms with Gasteiger partial charge in [-0.1, -0.05) is 0 Å². The number of carbonyl (C=O) groups excluding carboxylic acids is 3. The summed E-state index contributed by atoms with van der Waals surface area (Å²) in [6.45, 7) is 6.50. The Bertz CT molecular complexity index is 680. The highest BCUT2D eigenvalue weighted by molar-refractivity contribution is 5.92.